The molecule has 0 amide bonds. The third-order valence-electron chi connectivity index (χ3n) is 4.25. The van der Waals surface area contributed by atoms with Crippen LogP contribution in [0.2, 0.25) is 0 Å². The van der Waals surface area contributed by atoms with E-state index >= 15 is 0 Å². The van der Waals surface area contributed by atoms with Gasteiger partial charge in [0.1, 0.15) is 5.82 Å². The van der Waals surface area contributed by atoms with Crippen molar-refractivity contribution in [3.63, 3.8) is 0 Å². The third-order valence-corrected chi connectivity index (χ3v) is 4.25. The molecule has 0 bridgehead atoms. The highest BCUT2D eigenvalue weighted by Gasteiger charge is 2.30. The van der Waals surface area contributed by atoms with Gasteiger partial charge >= 0.3 is 0 Å². The normalized spacial score (nSPS) is 14.8. The maximum Gasteiger partial charge on any atom is 0.161 e. The summed E-state index contributed by atoms with van der Waals surface area (Å²) in [5, 5.41) is 4.58. The average molecular weight is 305 g/mol. The van der Waals surface area contributed by atoms with Gasteiger partial charge in [-0.15, -0.1) is 0 Å². The molecule has 0 N–H and O–H groups in total. The van der Waals surface area contributed by atoms with Crippen molar-refractivity contribution in [3.05, 3.63) is 60.0 Å². The number of rotatable bonds is 3. The van der Waals surface area contributed by atoms with Gasteiger partial charge in [-0.05, 0) is 26.0 Å². The molecule has 5 heteroatoms. The minimum absolute atomic E-state index is 0.429. The lowest BCUT2D eigenvalue weighted by atomic mass is 10.1. The Bertz CT molecular complexity index is 818. The van der Waals surface area contributed by atoms with Crippen molar-refractivity contribution >= 4 is 5.82 Å². The smallest absolute Gasteiger partial charge is 0.161 e. The second-order valence-electron chi connectivity index (χ2n) is 6.03. The number of hydrogen-bond acceptors (Lipinski definition) is 4. The average Bonchev–Trinajstić information content (AvgIpc) is 2.86. The molecule has 1 aromatic carbocycles. The summed E-state index contributed by atoms with van der Waals surface area (Å²) in [6.07, 6.45) is 1.83. The second-order valence-corrected chi connectivity index (χ2v) is 6.03. The predicted octanol–water partition coefficient (Wildman–Crippen LogP) is 3.02. The molecule has 0 saturated carbocycles. The Morgan fingerprint density at radius 3 is 2.52 bits per heavy atom. The number of aryl methyl sites for hydroxylation is 2. The summed E-state index contributed by atoms with van der Waals surface area (Å²) >= 11 is 0. The van der Waals surface area contributed by atoms with Crippen LogP contribution in [0.15, 0.2) is 48.7 Å². The lowest BCUT2D eigenvalue weighted by Crippen LogP contribution is -2.48. The summed E-state index contributed by atoms with van der Waals surface area (Å²) in [5.74, 6) is 1.76. The number of benzene rings is 1. The van der Waals surface area contributed by atoms with Crippen molar-refractivity contribution in [2.24, 2.45) is 0 Å². The lowest BCUT2D eigenvalue weighted by Gasteiger charge is -2.40. The highest BCUT2D eigenvalue weighted by Crippen LogP contribution is 2.28. The third kappa shape index (κ3) is 2.59. The van der Waals surface area contributed by atoms with Gasteiger partial charge in [-0.25, -0.2) is 9.97 Å². The quantitative estimate of drug-likeness (QED) is 0.746. The summed E-state index contributed by atoms with van der Waals surface area (Å²) in [4.78, 5) is 11.4. The molecular weight excluding hydrogens is 286 g/mol. The molecule has 3 heterocycles. The zero-order valence-electron chi connectivity index (χ0n) is 13.3. The van der Waals surface area contributed by atoms with E-state index in [1.165, 1.54) is 5.69 Å². The van der Waals surface area contributed by atoms with Crippen molar-refractivity contribution in [1.29, 1.82) is 0 Å². The standard InChI is InChI=1S/C18H19N5/c1-13-10-14(2)23(21-13)16-11-22(12-16)17-8-9-19-18(20-17)15-6-4-3-5-7-15/h3-10,16H,11-12H2,1-2H3. The van der Waals surface area contributed by atoms with E-state index in [0.29, 0.717) is 6.04 Å². The number of aromatic nitrogens is 4. The van der Waals surface area contributed by atoms with Gasteiger partial charge in [-0.3, -0.25) is 4.68 Å². The number of nitrogens with zero attached hydrogens (tertiary/aromatic N) is 5. The van der Waals surface area contributed by atoms with Crippen molar-refractivity contribution in [2.75, 3.05) is 18.0 Å². The van der Waals surface area contributed by atoms with Gasteiger partial charge in [-0.1, -0.05) is 30.3 Å². The molecule has 116 valence electrons. The monoisotopic (exact) mass is 305 g/mol. The van der Waals surface area contributed by atoms with Crippen molar-refractivity contribution in [3.8, 4) is 11.4 Å². The summed E-state index contributed by atoms with van der Waals surface area (Å²) in [5.41, 5.74) is 3.35. The van der Waals surface area contributed by atoms with E-state index < -0.39 is 0 Å². The van der Waals surface area contributed by atoms with Crippen LogP contribution >= 0.6 is 0 Å². The Morgan fingerprint density at radius 2 is 1.83 bits per heavy atom. The van der Waals surface area contributed by atoms with Gasteiger partial charge in [-0.2, -0.15) is 5.10 Å². The predicted molar refractivity (Wildman–Crippen MR) is 90.4 cm³/mol. The van der Waals surface area contributed by atoms with Crippen molar-refractivity contribution in [2.45, 2.75) is 19.9 Å². The minimum atomic E-state index is 0.429. The summed E-state index contributed by atoms with van der Waals surface area (Å²) in [6.45, 7) is 6.03. The molecule has 1 saturated heterocycles. The van der Waals surface area contributed by atoms with Crippen LogP contribution < -0.4 is 4.90 Å². The van der Waals surface area contributed by atoms with E-state index in [1.54, 1.807) is 0 Å². The van der Waals surface area contributed by atoms with Gasteiger partial charge in [0.25, 0.3) is 0 Å². The van der Waals surface area contributed by atoms with E-state index in [2.05, 4.69) is 32.7 Å². The molecular formula is C18H19N5. The highest BCUT2D eigenvalue weighted by molar-refractivity contribution is 5.57. The molecule has 0 spiro atoms. The van der Waals surface area contributed by atoms with Crippen LogP contribution in [0.5, 0.6) is 0 Å². The molecule has 0 atom stereocenters. The Morgan fingerprint density at radius 1 is 1.04 bits per heavy atom. The van der Waals surface area contributed by atoms with E-state index in [1.807, 2.05) is 49.5 Å². The number of hydrogen-bond donors (Lipinski definition) is 0. The first-order valence-corrected chi connectivity index (χ1v) is 7.87. The van der Waals surface area contributed by atoms with Crippen LogP contribution in [0, 0.1) is 13.8 Å². The van der Waals surface area contributed by atoms with Gasteiger partial charge in [0.15, 0.2) is 5.82 Å². The molecule has 2 aromatic heterocycles. The summed E-state index contributed by atoms with van der Waals surface area (Å²) in [6, 6.07) is 14.6. The van der Waals surface area contributed by atoms with Crippen LogP contribution in [-0.4, -0.2) is 32.8 Å². The molecule has 5 nitrogen and oxygen atoms in total. The fraction of sp³-hybridized carbons (Fsp3) is 0.278. The fourth-order valence-corrected chi connectivity index (χ4v) is 3.06. The van der Waals surface area contributed by atoms with E-state index in [4.69, 9.17) is 4.98 Å². The van der Waals surface area contributed by atoms with Crippen molar-refractivity contribution in [1.82, 2.24) is 19.7 Å². The van der Waals surface area contributed by atoms with Crippen LogP contribution in [0.1, 0.15) is 17.4 Å². The Labute approximate surface area is 135 Å². The molecule has 4 rings (SSSR count). The first-order chi connectivity index (χ1) is 11.2. The zero-order valence-corrected chi connectivity index (χ0v) is 13.3. The van der Waals surface area contributed by atoms with Gasteiger partial charge in [0.05, 0.1) is 11.7 Å². The molecule has 0 aliphatic carbocycles. The minimum Gasteiger partial charge on any atom is -0.352 e. The molecule has 1 fully saturated rings. The molecule has 3 aromatic rings. The van der Waals surface area contributed by atoms with Gasteiger partial charge in [0, 0.05) is 30.5 Å². The topological polar surface area (TPSA) is 46.8 Å². The molecule has 23 heavy (non-hydrogen) atoms. The maximum absolute atomic E-state index is 4.71. The molecule has 0 radical (unpaired) electrons. The van der Waals surface area contributed by atoms with E-state index in [-0.39, 0.29) is 0 Å². The fourth-order valence-electron chi connectivity index (χ4n) is 3.06. The molecule has 1 aliphatic heterocycles. The summed E-state index contributed by atoms with van der Waals surface area (Å²) < 4.78 is 2.13. The molecule has 0 unspecified atom stereocenters. The number of anilines is 1. The largest absolute Gasteiger partial charge is 0.352 e. The Balaban J connectivity index is 1.52. The first kappa shape index (κ1) is 13.9. The van der Waals surface area contributed by atoms with Crippen LogP contribution in [0.4, 0.5) is 5.82 Å². The van der Waals surface area contributed by atoms with Crippen LogP contribution in [0.3, 0.4) is 0 Å². The first-order valence-electron chi connectivity index (χ1n) is 7.87. The van der Waals surface area contributed by atoms with E-state index in [9.17, 15) is 0 Å². The van der Waals surface area contributed by atoms with Gasteiger partial charge in [0.2, 0.25) is 0 Å². The lowest BCUT2D eigenvalue weighted by molar-refractivity contribution is 0.359. The molecule has 1 aliphatic rings. The zero-order chi connectivity index (χ0) is 15.8. The Hall–Kier alpha value is -2.69. The maximum atomic E-state index is 4.71. The summed E-state index contributed by atoms with van der Waals surface area (Å²) in [7, 11) is 0. The van der Waals surface area contributed by atoms with Crippen molar-refractivity contribution < 1.29 is 0 Å². The Kier molecular flexibility index (Phi) is 3.33. The van der Waals surface area contributed by atoms with Crippen LogP contribution in [-0.2, 0) is 0 Å². The SMILES string of the molecule is Cc1cc(C)n(C2CN(c3ccnc(-c4ccccc4)n3)C2)n1. The van der Waals surface area contributed by atoms with E-state index in [0.717, 1.165) is 36.0 Å². The highest BCUT2D eigenvalue weighted by atomic mass is 15.4. The van der Waals surface area contributed by atoms with Crippen LogP contribution in [0.25, 0.3) is 11.4 Å². The van der Waals surface area contributed by atoms with Gasteiger partial charge < -0.3 is 4.90 Å². The second kappa shape index (κ2) is 5.50.